The van der Waals surface area contributed by atoms with Crippen LogP contribution in [0.5, 0.6) is 0 Å². The molecule has 1 amide bonds. The molecule has 0 fully saturated rings. The molecule has 0 aromatic carbocycles. The highest BCUT2D eigenvalue weighted by Crippen LogP contribution is 2.14. The van der Waals surface area contributed by atoms with Crippen molar-refractivity contribution in [3.8, 4) is 0 Å². The van der Waals surface area contributed by atoms with Crippen LogP contribution in [-0.4, -0.2) is 63.6 Å². The molecule has 0 aromatic rings. The number of aldehydes is 1. The Labute approximate surface area is 213 Å². The van der Waals surface area contributed by atoms with Crippen LogP contribution in [0.1, 0.15) is 122 Å². The van der Waals surface area contributed by atoms with Gasteiger partial charge in [0.05, 0.1) is 6.61 Å². The van der Waals surface area contributed by atoms with Crippen molar-refractivity contribution in [3.63, 3.8) is 0 Å². The summed E-state index contributed by atoms with van der Waals surface area (Å²) in [5, 5.41) is 40.0. The van der Waals surface area contributed by atoms with Gasteiger partial charge in [-0.15, -0.1) is 0 Å². The van der Waals surface area contributed by atoms with Crippen molar-refractivity contribution in [1.82, 2.24) is 5.32 Å². The number of hydrogen-bond donors (Lipinski definition) is 5. The zero-order valence-corrected chi connectivity index (χ0v) is 22.1. The van der Waals surface area contributed by atoms with Gasteiger partial charge in [0.15, 0.2) is 0 Å². The molecule has 0 aliphatic heterocycles. The van der Waals surface area contributed by atoms with Crippen molar-refractivity contribution >= 4 is 12.2 Å². The fourth-order valence-corrected chi connectivity index (χ4v) is 4.14. The summed E-state index contributed by atoms with van der Waals surface area (Å²) < 4.78 is 0. The van der Waals surface area contributed by atoms with Crippen LogP contribution in [0.25, 0.3) is 0 Å². The average Bonchev–Trinajstić information content (AvgIpc) is 2.87. The maximum absolute atomic E-state index is 11.9. The lowest BCUT2D eigenvalue weighted by atomic mass is 10.0. The lowest BCUT2D eigenvalue weighted by Gasteiger charge is -2.25. The zero-order chi connectivity index (χ0) is 26.2. The molecule has 0 rings (SSSR count). The van der Waals surface area contributed by atoms with E-state index in [2.05, 4.69) is 12.2 Å². The molecule has 0 radical (unpaired) electrons. The van der Waals surface area contributed by atoms with Crippen molar-refractivity contribution in [2.24, 2.45) is 0 Å². The predicted octanol–water partition coefficient (Wildman–Crippen LogP) is 4.34. The van der Waals surface area contributed by atoms with Crippen molar-refractivity contribution in [3.05, 3.63) is 12.2 Å². The molecule has 4 atom stereocenters. The van der Waals surface area contributed by atoms with Gasteiger partial charge < -0.3 is 30.5 Å². The molecular formula is C28H53NO6. The van der Waals surface area contributed by atoms with Crippen LogP contribution in [0.3, 0.4) is 0 Å². The summed E-state index contributed by atoms with van der Waals surface area (Å²) in [5.41, 5.74) is 0. The molecule has 0 heterocycles. The van der Waals surface area contributed by atoms with E-state index >= 15 is 0 Å². The molecule has 206 valence electrons. The number of rotatable bonds is 25. The Balaban J connectivity index is 3.59. The van der Waals surface area contributed by atoms with Crippen LogP contribution in [0.15, 0.2) is 12.2 Å². The minimum absolute atomic E-state index is 0.292. The standard InChI is InChI=1S/C28H53NO6/c1-2-3-4-5-6-7-8-9-10-11-12-13-14-15-16-17-18-19-20-21-26(33)29-24(22-30)27(34)28(35)25(32)23-31/h20-22,24-25,27-28,31-32,34-35H,2-19,23H2,1H3,(H,29,33)/t24-,25+,27+,28+/m0/s1. The smallest absolute Gasteiger partial charge is 0.244 e. The first kappa shape index (κ1) is 33.7. The first-order chi connectivity index (χ1) is 17.0. The van der Waals surface area contributed by atoms with E-state index in [1.807, 2.05) is 0 Å². The lowest BCUT2D eigenvalue weighted by Crippen LogP contribution is -2.53. The van der Waals surface area contributed by atoms with E-state index < -0.39 is 36.9 Å². The van der Waals surface area contributed by atoms with Gasteiger partial charge >= 0.3 is 0 Å². The first-order valence-electron chi connectivity index (χ1n) is 14.0. The molecule has 0 aliphatic rings. The van der Waals surface area contributed by atoms with E-state index in [1.165, 1.54) is 102 Å². The second-order valence-corrected chi connectivity index (χ2v) is 9.75. The molecule has 0 spiro atoms. The van der Waals surface area contributed by atoms with Gasteiger partial charge in [-0.3, -0.25) is 4.79 Å². The summed E-state index contributed by atoms with van der Waals surface area (Å²) in [6, 6.07) is -1.37. The van der Waals surface area contributed by atoms with Gasteiger partial charge in [-0.05, 0) is 18.9 Å². The van der Waals surface area contributed by atoms with Gasteiger partial charge in [-0.1, -0.05) is 116 Å². The van der Waals surface area contributed by atoms with Crippen LogP contribution in [-0.2, 0) is 9.59 Å². The first-order valence-corrected chi connectivity index (χ1v) is 14.0. The Kier molecular flexibility index (Phi) is 23.5. The predicted molar refractivity (Wildman–Crippen MR) is 141 cm³/mol. The molecule has 5 N–H and O–H groups in total. The SMILES string of the molecule is CCCCCCCCCCCCCCCCCCCC=CC(=O)N[C@@H](C=O)[C@@H](O)[C@H](O)[C@H](O)CO. The van der Waals surface area contributed by atoms with Crippen LogP contribution >= 0.6 is 0 Å². The van der Waals surface area contributed by atoms with Crippen LogP contribution in [0.4, 0.5) is 0 Å². The molecule has 35 heavy (non-hydrogen) atoms. The van der Waals surface area contributed by atoms with E-state index in [9.17, 15) is 24.9 Å². The summed E-state index contributed by atoms with van der Waals surface area (Å²) in [4.78, 5) is 23.0. The number of carbonyl (C=O) groups is 2. The fraction of sp³-hybridized carbons (Fsp3) is 0.857. The third-order valence-corrected chi connectivity index (χ3v) is 6.50. The monoisotopic (exact) mass is 499 g/mol. The highest BCUT2D eigenvalue weighted by Gasteiger charge is 2.31. The Bertz CT molecular complexity index is 528. The molecule has 0 bridgehead atoms. The van der Waals surface area contributed by atoms with Crippen LogP contribution in [0, 0.1) is 0 Å². The molecular weight excluding hydrogens is 446 g/mol. The summed E-state index contributed by atoms with van der Waals surface area (Å²) in [5.74, 6) is -0.557. The summed E-state index contributed by atoms with van der Waals surface area (Å²) in [7, 11) is 0. The number of carbonyl (C=O) groups excluding carboxylic acids is 2. The van der Waals surface area contributed by atoms with E-state index in [-0.39, 0.29) is 0 Å². The van der Waals surface area contributed by atoms with Gasteiger partial charge in [-0.2, -0.15) is 0 Å². The van der Waals surface area contributed by atoms with Gasteiger partial charge in [0.25, 0.3) is 0 Å². The maximum atomic E-state index is 11.9. The quantitative estimate of drug-likeness (QED) is 0.0722. The molecule has 0 unspecified atom stereocenters. The Morgan fingerprint density at radius 2 is 1.14 bits per heavy atom. The van der Waals surface area contributed by atoms with E-state index in [4.69, 9.17) is 5.11 Å². The number of hydrogen-bond acceptors (Lipinski definition) is 6. The average molecular weight is 500 g/mol. The normalized spacial score (nSPS) is 15.1. The van der Waals surface area contributed by atoms with Gasteiger partial charge in [0, 0.05) is 0 Å². The highest BCUT2D eigenvalue weighted by molar-refractivity contribution is 5.89. The van der Waals surface area contributed by atoms with Crippen molar-refractivity contribution in [2.45, 2.75) is 147 Å². The number of nitrogens with one attached hydrogen (secondary N) is 1. The minimum atomic E-state index is -1.74. The molecule has 7 nitrogen and oxygen atoms in total. The second kappa shape index (κ2) is 24.4. The number of unbranched alkanes of at least 4 members (excludes halogenated alkanes) is 17. The Morgan fingerprint density at radius 3 is 1.54 bits per heavy atom. The largest absolute Gasteiger partial charge is 0.394 e. The van der Waals surface area contributed by atoms with Crippen LogP contribution < -0.4 is 5.32 Å². The summed E-state index contributed by atoms with van der Waals surface area (Å²) in [6.45, 7) is 1.50. The molecule has 7 heteroatoms. The van der Waals surface area contributed by atoms with E-state index in [0.717, 1.165) is 19.3 Å². The van der Waals surface area contributed by atoms with Gasteiger partial charge in [-0.25, -0.2) is 0 Å². The van der Waals surface area contributed by atoms with Crippen molar-refractivity contribution in [2.75, 3.05) is 6.61 Å². The summed E-state index contributed by atoms with van der Waals surface area (Å²) in [6.07, 6.45) is 21.5. The Hall–Kier alpha value is -1.28. The topological polar surface area (TPSA) is 127 Å². The molecule has 0 aromatic heterocycles. The Morgan fingerprint density at radius 1 is 0.714 bits per heavy atom. The van der Waals surface area contributed by atoms with E-state index in [0.29, 0.717) is 6.29 Å². The molecule has 0 saturated carbocycles. The van der Waals surface area contributed by atoms with Crippen LogP contribution in [0.2, 0.25) is 0 Å². The third kappa shape index (κ3) is 19.6. The lowest BCUT2D eigenvalue weighted by molar-refractivity contribution is -0.128. The highest BCUT2D eigenvalue weighted by atomic mass is 16.4. The summed E-state index contributed by atoms with van der Waals surface area (Å²) >= 11 is 0. The van der Waals surface area contributed by atoms with Crippen molar-refractivity contribution in [1.29, 1.82) is 0 Å². The molecule has 0 saturated heterocycles. The zero-order valence-electron chi connectivity index (χ0n) is 22.1. The molecule has 0 aliphatic carbocycles. The fourth-order valence-electron chi connectivity index (χ4n) is 4.14. The second-order valence-electron chi connectivity index (χ2n) is 9.75. The van der Waals surface area contributed by atoms with Gasteiger partial charge in [0.1, 0.15) is 30.6 Å². The van der Waals surface area contributed by atoms with E-state index in [1.54, 1.807) is 6.08 Å². The van der Waals surface area contributed by atoms with Crippen molar-refractivity contribution < 1.29 is 30.0 Å². The third-order valence-electron chi connectivity index (χ3n) is 6.50. The number of allylic oxidation sites excluding steroid dienone is 1. The van der Waals surface area contributed by atoms with Gasteiger partial charge in [0.2, 0.25) is 5.91 Å². The number of aliphatic hydroxyl groups is 4. The number of aliphatic hydroxyl groups excluding tert-OH is 4. The number of amides is 1. The maximum Gasteiger partial charge on any atom is 0.244 e. The minimum Gasteiger partial charge on any atom is -0.394 e.